The Balaban J connectivity index is -0.0000000910. The van der Waals surface area contributed by atoms with Crippen LogP contribution in [-0.2, 0) is 15.0 Å². The van der Waals surface area contributed by atoms with Gasteiger partial charge in [0.25, 0.3) is 0 Å². The molecule has 0 aliphatic carbocycles. The summed E-state index contributed by atoms with van der Waals surface area (Å²) < 4.78 is 29.6. The summed E-state index contributed by atoms with van der Waals surface area (Å²) in [4.78, 5) is 0. The second kappa shape index (κ2) is 9.43. The average Bonchev–Trinajstić information content (AvgIpc) is 1.61. The van der Waals surface area contributed by atoms with Crippen molar-refractivity contribution in [2.75, 3.05) is 13.7 Å². The molecule has 0 atom stereocenters. The predicted molar refractivity (Wildman–Crippen MR) is 33.0 cm³/mol. The molecule has 0 aromatic rings. The molecule has 0 aromatic carbocycles. The Morgan fingerprint density at radius 2 is 1.80 bits per heavy atom. The zero-order valence-electron chi connectivity index (χ0n) is 6.07. The Morgan fingerprint density at radius 1 is 1.70 bits per heavy atom. The molecule has 0 amide bonds. The van der Waals surface area contributed by atoms with Crippen LogP contribution in [0.3, 0.4) is 0 Å². The summed E-state index contributed by atoms with van der Waals surface area (Å²) >= 11 is 0. The van der Waals surface area contributed by atoms with Gasteiger partial charge in [0, 0.05) is 7.11 Å². The molecule has 0 aliphatic rings. The molecule has 0 bridgehead atoms. The van der Waals surface area contributed by atoms with Crippen molar-refractivity contribution in [2.24, 2.45) is 5.14 Å². The SMILES string of the molecule is NS(=O)(=O)O.[CH2-]COC.[Li+]. The molecule has 0 aromatic heterocycles. The number of nitrogens with two attached hydrogens (primary N) is 1. The minimum Gasteiger partial charge on any atom is -0.417 e. The summed E-state index contributed by atoms with van der Waals surface area (Å²) in [7, 11) is -2.55. The first-order valence-electron chi connectivity index (χ1n) is 1.95. The second-order valence-corrected chi connectivity index (χ2v) is 2.04. The first kappa shape index (κ1) is 16.8. The van der Waals surface area contributed by atoms with Crippen molar-refractivity contribution < 1.29 is 36.6 Å². The average molecular weight is 163 g/mol. The monoisotopic (exact) mass is 163 g/mol. The minimum atomic E-state index is -4.17. The van der Waals surface area contributed by atoms with Crippen molar-refractivity contribution in [3.05, 3.63) is 6.92 Å². The predicted octanol–water partition coefficient (Wildman–Crippen LogP) is -3.78. The van der Waals surface area contributed by atoms with E-state index in [2.05, 4.69) is 16.8 Å². The number of ether oxygens (including phenoxy) is 1. The zero-order valence-corrected chi connectivity index (χ0v) is 6.89. The van der Waals surface area contributed by atoms with Gasteiger partial charge in [-0.15, -0.1) is 0 Å². The maximum absolute atomic E-state index is 8.97. The molecule has 0 saturated heterocycles. The number of hydrogen-bond acceptors (Lipinski definition) is 3. The van der Waals surface area contributed by atoms with Crippen LogP contribution in [0.1, 0.15) is 0 Å². The maximum Gasteiger partial charge on any atom is 1.00 e. The molecule has 0 rings (SSSR count). The fraction of sp³-hybridized carbons (Fsp3) is 0.667. The van der Waals surface area contributed by atoms with Gasteiger partial charge < -0.3 is 11.7 Å². The summed E-state index contributed by atoms with van der Waals surface area (Å²) in [6.07, 6.45) is 0. The Bertz CT molecular complexity index is 123. The number of methoxy groups -OCH3 is 1. The van der Waals surface area contributed by atoms with E-state index in [1.807, 2.05) is 0 Å². The smallest absolute Gasteiger partial charge is 0.417 e. The Morgan fingerprint density at radius 3 is 1.80 bits per heavy atom. The number of hydrogen-bond donors (Lipinski definition) is 2. The fourth-order valence-corrected chi connectivity index (χ4v) is 0. The summed E-state index contributed by atoms with van der Waals surface area (Å²) in [5, 5.41) is 3.88. The van der Waals surface area contributed by atoms with Crippen molar-refractivity contribution in [3.63, 3.8) is 0 Å². The van der Waals surface area contributed by atoms with E-state index < -0.39 is 10.3 Å². The zero-order chi connectivity index (χ0) is 7.91. The summed E-state index contributed by atoms with van der Waals surface area (Å²) in [5.41, 5.74) is 0. The van der Waals surface area contributed by atoms with Crippen LogP contribution in [0, 0.1) is 6.92 Å². The van der Waals surface area contributed by atoms with E-state index in [0.29, 0.717) is 6.61 Å². The molecule has 58 valence electrons. The molecule has 5 nitrogen and oxygen atoms in total. The van der Waals surface area contributed by atoms with Gasteiger partial charge in [0.15, 0.2) is 0 Å². The van der Waals surface area contributed by atoms with Gasteiger partial charge in [-0.3, -0.25) is 4.55 Å². The normalized spacial score (nSPS) is 8.80. The van der Waals surface area contributed by atoms with Gasteiger partial charge in [-0.2, -0.15) is 8.42 Å². The van der Waals surface area contributed by atoms with Crippen LogP contribution in [0.25, 0.3) is 0 Å². The quantitative estimate of drug-likeness (QED) is 0.236. The Kier molecular flexibility index (Phi) is 15.8. The molecule has 0 unspecified atom stereocenters. The van der Waals surface area contributed by atoms with Crippen molar-refractivity contribution in [2.45, 2.75) is 0 Å². The standard InChI is InChI=1S/C3H7O.Li.H3NO3S/c1-3-4-2;;1-5(2,3)4/h1,3H2,2H3;;(H3,1,2,3,4)/q-1;+1;. The molecule has 0 fully saturated rings. The maximum atomic E-state index is 8.97. The van der Waals surface area contributed by atoms with Crippen LogP contribution < -0.4 is 24.0 Å². The van der Waals surface area contributed by atoms with Gasteiger partial charge in [-0.1, -0.05) is 6.61 Å². The van der Waals surface area contributed by atoms with E-state index >= 15 is 0 Å². The third-order valence-corrected chi connectivity index (χ3v) is 0.204. The van der Waals surface area contributed by atoms with E-state index in [1.165, 1.54) is 0 Å². The molecule has 0 aliphatic heterocycles. The van der Waals surface area contributed by atoms with Gasteiger partial charge >= 0.3 is 29.2 Å². The third kappa shape index (κ3) is 228. The second-order valence-electron chi connectivity index (χ2n) is 1.01. The summed E-state index contributed by atoms with van der Waals surface area (Å²) in [6.45, 7) is 3.95. The third-order valence-electron chi connectivity index (χ3n) is 0.204. The van der Waals surface area contributed by atoms with Crippen molar-refractivity contribution in [1.82, 2.24) is 0 Å². The first-order valence-corrected chi connectivity index (χ1v) is 3.45. The molecule has 0 saturated carbocycles. The van der Waals surface area contributed by atoms with Crippen LogP contribution in [0.4, 0.5) is 0 Å². The number of rotatable bonds is 1. The molecule has 3 N–H and O–H groups in total. The van der Waals surface area contributed by atoms with Gasteiger partial charge in [0.1, 0.15) is 0 Å². The topological polar surface area (TPSA) is 89.6 Å². The van der Waals surface area contributed by atoms with Gasteiger partial charge in [-0.25, -0.2) is 5.14 Å². The summed E-state index contributed by atoms with van der Waals surface area (Å²) in [6, 6.07) is 0. The molecule has 0 radical (unpaired) electrons. The molecular formula is C3H10LiNO4S. The largest absolute Gasteiger partial charge is 1.00 e. The summed E-state index contributed by atoms with van der Waals surface area (Å²) in [5.74, 6) is 0. The van der Waals surface area contributed by atoms with Crippen molar-refractivity contribution in [3.8, 4) is 0 Å². The van der Waals surface area contributed by atoms with Crippen molar-refractivity contribution in [1.29, 1.82) is 0 Å². The minimum absolute atomic E-state index is 0. The van der Waals surface area contributed by atoms with Crippen molar-refractivity contribution >= 4 is 10.3 Å². The Labute approximate surface area is 73.0 Å². The van der Waals surface area contributed by atoms with Gasteiger partial charge in [0.2, 0.25) is 0 Å². The molecule has 0 heterocycles. The Hall–Kier alpha value is 0.427. The first-order chi connectivity index (χ1) is 3.91. The van der Waals surface area contributed by atoms with E-state index in [-0.39, 0.29) is 18.9 Å². The van der Waals surface area contributed by atoms with Crippen LogP contribution in [0.2, 0.25) is 0 Å². The molecular weight excluding hydrogens is 153 g/mol. The van der Waals surface area contributed by atoms with Crippen LogP contribution in [0.15, 0.2) is 0 Å². The van der Waals surface area contributed by atoms with Gasteiger partial charge in [-0.05, 0) is 0 Å². The van der Waals surface area contributed by atoms with Crippen LogP contribution >= 0.6 is 0 Å². The molecule has 7 heteroatoms. The fourth-order valence-electron chi connectivity index (χ4n) is 0. The van der Waals surface area contributed by atoms with Crippen LogP contribution in [-0.4, -0.2) is 26.7 Å². The van der Waals surface area contributed by atoms with Crippen LogP contribution in [0.5, 0.6) is 0 Å². The molecule has 10 heavy (non-hydrogen) atoms. The van der Waals surface area contributed by atoms with E-state index in [1.54, 1.807) is 7.11 Å². The van der Waals surface area contributed by atoms with Gasteiger partial charge in [0.05, 0.1) is 0 Å². The molecule has 0 spiro atoms. The van der Waals surface area contributed by atoms with E-state index in [4.69, 9.17) is 13.0 Å². The van der Waals surface area contributed by atoms with E-state index in [0.717, 1.165) is 0 Å². The van der Waals surface area contributed by atoms with E-state index in [9.17, 15) is 0 Å².